The number of aryl methyl sites for hydroxylation is 1. The largest absolute Gasteiger partial charge is 0.455 e. The minimum Gasteiger partial charge on any atom is -0.455 e. The number of hydrogen-bond acceptors (Lipinski definition) is 3. The summed E-state index contributed by atoms with van der Waals surface area (Å²) in [7, 11) is 0. The second-order valence-electron chi connectivity index (χ2n) is 16.3. The fourth-order valence-corrected chi connectivity index (χ4v) is 9.81. The van der Waals surface area contributed by atoms with Crippen LogP contribution in [-0.2, 0) is 6.42 Å². The highest BCUT2D eigenvalue weighted by Gasteiger charge is 2.26. The highest BCUT2D eigenvalue weighted by molar-refractivity contribution is 6.29. The van der Waals surface area contributed by atoms with Gasteiger partial charge in [0.25, 0.3) is 0 Å². The molecule has 11 aromatic rings. The van der Waals surface area contributed by atoms with Crippen LogP contribution in [0.1, 0.15) is 17.5 Å². The van der Waals surface area contributed by atoms with Gasteiger partial charge >= 0.3 is 0 Å². The predicted octanol–water partition coefficient (Wildman–Crippen LogP) is 17.1. The van der Waals surface area contributed by atoms with Crippen LogP contribution in [0.4, 0.5) is 34.1 Å². The molecule has 1 heterocycles. The maximum Gasteiger partial charge on any atom is 0.143 e. The van der Waals surface area contributed by atoms with Crippen LogP contribution in [-0.4, -0.2) is 0 Å². The van der Waals surface area contributed by atoms with E-state index < -0.39 is 0 Å². The fourth-order valence-electron chi connectivity index (χ4n) is 9.81. The zero-order chi connectivity index (χ0) is 41.7. The van der Waals surface area contributed by atoms with E-state index in [0.29, 0.717) is 0 Å². The summed E-state index contributed by atoms with van der Waals surface area (Å²) in [5.74, 6) is 0.869. The lowest BCUT2D eigenvalue weighted by Crippen LogP contribution is -2.13. The van der Waals surface area contributed by atoms with E-state index in [0.717, 1.165) is 96.2 Å². The molecule has 0 amide bonds. The highest BCUT2D eigenvalue weighted by atomic mass is 16.3. The van der Waals surface area contributed by atoms with Gasteiger partial charge in [0.1, 0.15) is 11.3 Å². The van der Waals surface area contributed by atoms with E-state index in [1.165, 1.54) is 27.6 Å². The van der Waals surface area contributed by atoms with Gasteiger partial charge in [-0.3, -0.25) is 0 Å². The van der Waals surface area contributed by atoms with Crippen molar-refractivity contribution in [1.29, 1.82) is 0 Å². The van der Waals surface area contributed by atoms with Gasteiger partial charge in [0.2, 0.25) is 0 Å². The molecule has 1 aliphatic rings. The van der Waals surface area contributed by atoms with Crippen LogP contribution in [0.3, 0.4) is 0 Å². The maximum absolute atomic E-state index is 7.24. The van der Waals surface area contributed by atoms with Crippen LogP contribution >= 0.6 is 0 Å². The number of furan rings is 1. The lowest BCUT2D eigenvalue weighted by Gasteiger charge is -2.29. The van der Waals surface area contributed by atoms with Crippen LogP contribution in [0.25, 0.3) is 71.8 Å². The number of nitrogens with zero attached hydrogens (tertiary/aromatic N) is 2. The van der Waals surface area contributed by atoms with Crippen molar-refractivity contribution in [3.63, 3.8) is 0 Å². The minimum atomic E-state index is 0.869. The summed E-state index contributed by atoms with van der Waals surface area (Å²) >= 11 is 0. The monoisotopic (exact) mass is 806 g/mol. The van der Waals surface area contributed by atoms with Gasteiger partial charge in [0.15, 0.2) is 0 Å². The first-order chi connectivity index (χ1) is 31.3. The van der Waals surface area contributed by atoms with Gasteiger partial charge < -0.3 is 14.2 Å². The van der Waals surface area contributed by atoms with Gasteiger partial charge in [-0.15, -0.1) is 0 Å². The van der Waals surface area contributed by atoms with Crippen molar-refractivity contribution < 1.29 is 4.42 Å². The molecule has 0 radical (unpaired) electrons. The number of para-hydroxylation sites is 2. The molecule has 0 bridgehead atoms. The summed E-state index contributed by atoms with van der Waals surface area (Å²) in [6, 6.07) is 78.7. The van der Waals surface area contributed by atoms with Crippen molar-refractivity contribution in [3.05, 3.63) is 236 Å². The molecule has 0 aliphatic heterocycles. The molecular formula is C60H42N2O. The Labute approximate surface area is 367 Å². The molecule has 3 nitrogen and oxygen atoms in total. The Morgan fingerprint density at radius 2 is 0.952 bits per heavy atom. The smallest absolute Gasteiger partial charge is 0.143 e. The molecular weight excluding hydrogens is 765 g/mol. The topological polar surface area (TPSA) is 19.6 Å². The molecule has 0 atom stereocenters. The molecule has 0 unspecified atom stereocenters. The van der Waals surface area contributed by atoms with E-state index in [1.54, 1.807) is 0 Å². The average Bonchev–Trinajstić information content (AvgIpc) is 3.77. The van der Waals surface area contributed by atoms with Gasteiger partial charge in [0, 0.05) is 55.6 Å². The first-order valence-electron chi connectivity index (χ1n) is 21.8. The maximum atomic E-state index is 7.24. The van der Waals surface area contributed by atoms with Crippen molar-refractivity contribution >= 4 is 83.5 Å². The standard InChI is InChI=1S/C60H42N2O/c1-5-21-43(22-6-1)57-58-51-37-35-47(61(45-27-9-3-10-28-45)55-33-17-25-41-19-13-15-31-49(41)55)39-53(51)54-40-48(36-38-52(54)60(58)63-59(57)44-23-7-2-8-24-44)62(46-29-11-4-12-30-46)56-34-18-26-42-20-14-16-32-50(42)56/h1-12,14-18,20-40H,13,19H2. The van der Waals surface area contributed by atoms with Crippen molar-refractivity contribution in [2.75, 3.05) is 9.80 Å². The summed E-state index contributed by atoms with van der Waals surface area (Å²) in [5.41, 5.74) is 13.5. The average molecular weight is 807 g/mol. The third-order valence-corrected chi connectivity index (χ3v) is 12.6. The summed E-state index contributed by atoms with van der Waals surface area (Å²) < 4.78 is 7.24. The van der Waals surface area contributed by atoms with E-state index >= 15 is 0 Å². The summed E-state index contributed by atoms with van der Waals surface area (Å²) in [6.45, 7) is 0. The molecule has 298 valence electrons. The van der Waals surface area contributed by atoms with Gasteiger partial charge in [-0.25, -0.2) is 0 Å². The fraction of sp³-hybridized carbons (Fsp3) is 0.0333. The molecule has 0 spiro atoms. The molecule has 0 fully saturated rings. The summed E-state index contributed by atoms with van der Waals surface area (Å²) in [4.78, 5) is 4.83. The van der Waals surface area contributed by atoms with Gasteiger partial charge in [0.05, 0.1) is 11.4 Å². The van der Waals surface area contributed by atoms with Gasteiger partial charge in [-0.1, -0.05) is 164 Å². The number of benzene rings is 10. The Morgan fingerprint density at radius 3 is 1.67 bits per heavy atom. The molecule has 0 saturated heterocycles. The molecule has 12 rings (SSSR count). The lowest BCUT2D eigenvalue weighted by atomic mass is 9.91. The molecule has 63 heavy (non-hydrogen) atoms. The van der Waals surface area contributed by atoms with E-state index in [-0.39, 0.29) is 0 Å². The van der Waals surface area contributed by atoms with Crippen molar-refractivity contribution in [1.82, 2.24) is 0 Å². The van der Waals surface area contributed by atoms with Crippen LogP contribution < -0.4 is 9.80 Å². The predicted molar refractivity (Wildman–Crippen MR) is 266 cm³/mol. The third kappa shape index (κ3) is 6.28. The van der Waals surface area contributed by atoms with E-state index in [2.05, 4.69) is 240 Å². The number of hydrogen-bond donors (Lipinski definition) is 0. The zero-order valence-corrected chi connectivity index (χ0v) is 34.7. The molecule has 1 aromatic heterocycles. The highest BCUT2D eigenvalue weighted by Crippen LogP contribution is 2.50. The van der Waals surface area contributed by atoms with Crippen LogP contribution in [0, 0.1) is 0 Å². The van der Waals surface area contributed by atoms with Crippen LogP contribution in [0.5, 0.6) is 0 Å². The number of fused-ring (bicyclic) bond motifs is 8. The summed E-state index contributed by atoms with van der Waals surface area (Å²) in [5, 5.41) is 7.98. The first kappa shape index (κ1) is 36.7. The molecule has 1 aliphatic carbocycles. The van der Waals surface area contributed by atoms with Crippen LogP contribution in [0.2, 0.25) is 0 Å². The number of anilines is 6. The molecule has 0 N–H and O–H groups in total. The Kier molecular flexibility index (Phi) is 8.97. The van der Waals surface area contributed by atoms with E-state index in [1.807, 2.05) is 0 Å². The van der Waals surface area contributed by atoms with Crippen LogP contribution in [0.15, 0.2) is 229 Å². The quantitative estimate of drug-likeness (QED) is 0.143. The second kappa shape index (κ2) is 15.4. The van der Waals surface area contributed by atoms with Crippen molar-refractivity contribution in [2.24, 2.45) is 0 Å². The Hall–Kier alpha value is -8.14. The number of allylic oxidation sites excluding steroid dienone is 1. The summed E-state index contributed by atoms with van der Waals surface area (Å²) in [6.07, 6.45) is 6.71. The zero-order valence-electron chi connectivity index (χ0n) is 34.7. The molecule has 10 aromatic carbocycles. The lowest BCUT2D eigenvalue weighted by molar-refractivity contribution is 0.636. The van der Waals surface area contributed by atoms with E-state index in [4.69, 9.17) is 4.42 Å². The first-order valence-corrected chi connectivity index (χ1v) is 21.8. The molecule has 0 saturated carbocycles. The normalized spacial score (nSPS) is 12.3. The van der Waals surface area contributed by atoms with Crippen molar-refractivity contribution in [3.8, 4) is 22.5 Å². The van der Waals surface area contributed by atoms with Crippen molar-refractivity contribution in [2.45, 2.75) is 12.8 Å². The Balaban J connectivity index is 1.20. The van der Waals surface area contributed by atoms with Gasteiger partial charge in [-0.05, 0) is 112 Å². The van der Waals surface area contributed by atoms with E-state index in [9.17, 15) is 0 Å². The minimum absolute atomic E-state index is 0.869. The second-order valence-corrected chi connectivity index (χ2v) is 16.3. The SMILES string of the molecule is C1=Cc2c(cccc2N(c2ccccc2)c2ccc3c(c2)c2cc(N(c4ccccc4)c4cccc5ccccc45)ccc2c2oc(-c4ccccc4)c(-c4ccccc4)c32)CC1. The third-order valence-electron chi connectivity index (χ3n) is 12.6. The number of rotatable bonds is 8. The Bertz CT molecular complexity index is 3500. The molecule has 3 heteroatoms. The Morgan fingerprint density at radius 1 is 0.397 bits per heavy atom. The van der Waals surface area contributed by atoms with Gasteiger partial charge in [-0.2, -0.15) is 0 Å².